The molecule has 0 bridgehead atoms. The molecule has 0 aliphatic heterocycles. The third kappa shape index (κ3) is 4.70. The number of urea groups is 1. The van der Waals surface area contributed by atoms with Crippen LogP contribution in [0.5, 0.6) is 0 Å². The average Bonchev–Trinajstić information content (AvgIpc) is 2.76. The van der Waals surface area contributed by atoms with Crippen LogP contribution in [-0.2, 0) is 19.7 Å². The number of nitrogens with one attached hydrogen (secondary N) is 2. The third-order valence-corrected chi connectivity index (χ3v) is 4.61. The van der Waals surface area contributed by atoms with Gasteiger partial charge in [-0.05, 0) is 31.5 Å². The number of hydrogen-bond acceptors (Lipinski definition) is 6. The van der Waals surface area contributed by atoms with E-state index in [9.17, 15) is 19.6 Å². The number of anilines is 1. The van der Waals surface area contributed by atoms with Gasteiger partial charge in [0.15, 0.2) is 11.2 Å². The van der Waals surface area contributed by atoms with Gasteiger partial charge in [0.05, 0.1) is 18.9 Å². The number of hydrogen-bond donors (Lipinski definition) is 2. The summed E-state index contributed by atoms with van der Waals surface area (Å²) in [6, 6.07) is 18.3. The smallest absolute Gasteiger partial charge is 0.339 e. The standard InChI is InChI=1S/C22H22N4O4/c1-15(25-26-21(29)24-18-12-8-5-9-13-18)19(20(28)30-3)22(14-23,16(2)27)17-10-6-4-7-11-17/h4-13,19H,1-3H3,(H2,24,26,29)/b25-15+. The Kier molecular flexibility index (Phi) is 7.42. The molecule has 0 spiro atoms. The van der Waals surface area contributed by atoms with Crippen LogP contribution in [0.4, 0.5) is 10.5 Å². The van der Waals surface area contributed by atoms with Crippen LogP contribution in [0.15, 0.2) is 65.8 Å². The molecule has 2 atom stereocenters. The SMILES string of the molecule is COC(=O)C(/C(C)=N/NC(=O)Nc1ccccc1)C(C#N)(C(C)=O)c1ccccc1. The number of amides is 2. The van der Waals surface area contributed by atoms with Gasteiger partial charge in [0.2, 0.25) is 0 Å². The van der Waals surface area contributed by atoms with E-state index in [-0.39, 0.29) is 5.71 Å². The Hall–Kier alpha value is -3.99. The van der Waals surface area contributed by atoms with Crippen molar-refractivity contribution in [2.24, 2.45) is 11.0 Å². The molecule has 30 heavy (non-hydrogen) atoms. The highest BCUT2D eigenvalue weighted by molar-refractivity contribution is 6.10. The molecule has 8 nitrogen and oxygen atoms in total. The Morgan fingerprint density at radius 3 is 2.10 bits per heavy atom. The van der Waals surface area contributed by atoms with Crippen LogP contribution in [0.25, 0.3) is 0 Å². The molecule has 0 aromatic heterocycles. The molecular weight excluding hydrogens is 384 g/mol. The van der Waals surface area contributed by atoms with Crippen LogP contribution in [0.1, 0.15) is 19.4 Å². The van der Waals surface area contributed by atoms with E-state index in [1.54, 1.807) is 60.7 Å². The van der Waals surface area contributed by atoms with Crippen molar-refractivity contribution in [3.8, 4) is 6.07 Å². The maximum Gasteiger partial charge on any atom is 0.339 e. The summed E-state index contributed by atoms with van der Waals surface area (Å²) in [5, 5.41) is 16.5. The van der Waals surface area contributed by atoms with Crippen molar-refractivity contribution in [3.05, 3.63) is 66.2 Å². The molecule has 2 aromatic rings. The first kappa shape index (κ1) is 22.3. The fourth-order valence-electron chi connectivity index (χ4n) is 3.14. The number of hydrazone groups is 1. The maximum absolute atomic E-state index is 12.7. The van der Waals surface area contributed by atoms with E-state index in [4.69, 9.17) is 4.74 Å². The third-order valence-electron chi connectivity index (χ3n) is 4.61. The van der Waals surface area contributed by atoms with Crippen molar-refractivity contribution in [3.63, 3.8) is 0 Å². The van der Waals surface area contributed by atoms with E-state index < -0.39 is 29.1 Å². The highest BCUT2D eigenvalue weighted by atomic mass is 16.5. The van der Waals surface area contributed by atoms with Crippen molar-refractivity contribution < 1.29 is 19.1 Å². The molecule has 0 aliphatic carbocycles. The Labute approximate surface area is 174 Å². The fourth-order valence-corrected chi connectivity index (χ4v) is 3.14. The molecular formula is C22H22N4O4. The fraction of sp³-hybridized carbons (Fsp3) is 0.227. The highest BCUT2D eigenvalue weighted by Gasteiger charge is 2.51. The Morgan fingerprint density at radius 1 is 1.03 bits per heavy atom. The van der Waals surface area contributed by atoms with Gasteiger partial charge in [-0.25, -0.2) is 10.2 Å². The van der Waals surface area contributed by atoms with Crippen LogP contribution < -0.4 is 10.7 Å². The summed E-state index contributed by atoms with van der Waals surface area (Å²) in [5.74, 6) is -2.72. The van der Waals surface area contributed by atoms with Crippen molar-refractivity contribution in [2.75, 3.05) is 12.4 Å². The molecule has 0 fully saturated rings. The van der Waals surface area contributed by atoms with E-state index in [1.807, 2.05) is 6.07 Å². The van der Waals surface area contributed by atoms with Crippen LogP contribution >= 0.6 is 0 Å². The molecule has 154 valence electrons. The zero-order valence-electron chi connectivity index (χ0n) is 16.9. The molecule has 0 aliphatic rings. The van der Waals surface area contributed by atoms with Crippen LogP contribution in [0.3, 0.4) is 0 Å². The van der Waals surface area contributed by atoms with E-state index in [1.165, 1.54) is 13.8 Å². The highest BCUT2D eigenvalue weighted by Crippen LogP contribution is 2.35. The minimum absolute atomic E-state index is 0.0469. The number of para-hydroxylation sites is 1. The lowest BCUT2D eigenvalue weighted by Crippen LogP contribution is -2.49. The number of ketones is 1. The van der Waals surface area contributed by atoms with Crippen molar-refractivity contribution in [1.29, 1.82) is 5.26 Å². The number of esters is 1. The lowest BCUT2D eigenvalue weighted by atomic mass is 9.67. The van der Waals surface area contributed by atoms with E-state index >= 15 is 0 Å². The Balaban J connectivity index is 2.40. The molecule has 0 heterocycles. The second-order valence-corrected chi connectivity index (χ2v) is 6.48. The lowest BCUT2D eigenvalue weighted by molar-refractivity contribution is -0.146. The van der Waals surface area contributed by atoms with Gasteiger partial charge in [0.25, 0.3) is 0 Å². The van der Waals surface area contributed by atoms with Gasteiger partial charge in [-0.3, -0.25) is 9.59 Å². The van der Waals surface area contributed by atoms with Gasteiger partial charge < -0.3 is 10.1 Å². The first-order chi connectivity index (χ1) is 14.4. The summed E-state index contributed by atoms with van der Waals surface area (Å²) in [6.07, 6.45) is 0. The first-order valence-corrected chi connectivity index (χ1v) is 9.08. The predicted octanol–water partition coefficient (Wildman–Crippen LogP) is 3.02. The molecule has 2 rings (SSSR count). The summed E-state index contributed by atoms with van der Waals surface area (Å²) in [7, 11) is 1.16. The molecule has 2 unspecified atom stereocenters. The maximum atomic E-state index is 12.7. The molecule has 0 radical (unpaired) electrons. The molecule has 2 amide bonds. The monoisotopic (exact) mass is 406 g/mol. The summed E-state index contributed by atoms with van der Waals surface area (Å²) in [4.78, 5) is 37.4. The van der Waals surface area contributed by atoms with Gasteiger partial charge in [-0.15, -0.1) is 0 Å². The summed E-state index contributed by atoms with van der Waals surface area (Å²) in [6.45, 7) is 2.68. The summed E-state index contributed by atoms with van der Waals surface area (Å²) >= 11 is 0. The van der Waals surface area contributed by atoms with Crippen LogP contribution in [0, 0.1) is 17.2 Å². The topological polar surface area (TPSA) is 121 Å². The minimum Gasteiger partial charge on any atom is -0.468 e. The van der Waals surface area contributed by atoms with Gasteiger partial charge in [0.1, 0.15) is 5.92 Å². The number of nitrogens with zero attached hydrogens (tertiary/aromatic N) is 2. The Bertz CT molecular complexity index is 983. The molecule has 8 heteroatoms. The number of methoxy groups -OCH3 is 1. The number of rotatable bonds is 7. The average molecular weight is 406 g/mol. The van der Waals surface area contributed by atoms with Crippen LogP contribution in [0.2, 0.25) is 0 Å². The van der Waals surface area contributed by atoms with Gasteiger partial charge >= 0.3 is 12.0 Å². The molecule has 2 aromatic carbocycles. The second-order valence-electron chi connectivity index (χ2n) is 6.48. The Morgan fingerprint density at radius 2 is 1.60 bits per heavy atom. The normalized spacial score (nSPS) is 13.9. The number of benzene rings is 2. The number of ether oxygens (including phenoxy) is 1. The van der Waals surface area contributed by atoms with Gasteiger partial charge in [-0.2, -0.15) is 10.4 Å². The van der Waals surface area contributed by atoms with Crippen LogP contribution in [-0.4, -0.2) is 30.6 Å². The largest absolute Gasteiger partial charge is 0.468 e. The summed E-state index contributed by atoms with van der Waals surface area (Å²) in [5.41, 5.74) is 1.35. The van der Waals surface area contributed by atoms with Crippen molar-refractivity contribution in [2.45, 2.75) is 19.3 Å². The van der Waals surface area contributed by atoms with Gasteiger partial charge in [0, 0.05) is 5.69 Å². The van der Waals surface area contributed by atoms with E-state index in [0.29, 0.717) is 11.3 Å². The molecule has 2 N–H and O–H groups in total. The summed E-state index contributed by atoms with van der Waals surface area (Å²) < 4.78 is 4.86. The first-order valence-electron chi connectivity index (χ1n) is 9.08. The number of carbonyl (C=O) groups excluding carboxylic acids is 3. The predicted molar refractivity (Wildman–Crippen MR) is 112 cm³/mol. The van der Waals surface area contributed by atoms with Crippen molar-refractivity contribution >= 4 is 29.2 Å². The number of nitriles is 1. The zero-order chi connectivity index (χ0) is 22.1. The second kappa shape index (κ2) is 9.98. The number of carbonyl (C=O) groups is 3. The lowest BCUT2D eigenvalue weighted by Gasteiger charge is -2.31. The number of Topliss-reactive ketones (excluding diaryl/α,β-unsaturated/α-hetero) is 1. The minimum atomic E-state index is -1.86. The zero-order valence-corrected chi connectivity index (χ0v) is 16.9. The van der Waals surface area contributed by atoms with E-state index in [2.05, 4.69) is 15.8 Å². The van der Waals surface area contributed by atoms with Crippen molar-refractivity contribution in [1.82, 2.24) is 5.43 Å². The molecule has 0 saturated carbocycles. The quantitative estimate of drug-likeness (QED) is 0.416. The van der Waals surface area contributed by atoms with E-state index in [0.717, 1.165) is 7.11 Å². The van der Waals surface area contributed by atoms with Gasteiger partial charge in [-0.1, -0.05) is 48.5 Å². The molecule has 0 saturated heterocycles.